The second-order valence-electron chi connectivity index (χ2n) is 9.63. The Kier molecular flexibility index (Phi) is 6.43. The van der Waals surface area contributed by atoms with Crippen molar-refractivity contribution >= 4 is 34.5 Å². The van der Waals surface area contributed by atoms with Crippen LogP contribution in [0.25, 0.3) is 22.6 Å². The number of imide groups is 1. The Balaban J connectivity index is 1.31. The molecule has 1 aliphatic rings. The van der Waals surface area contributed by atoms with E-state index >= 15 is 0 Å². The molecule has 0 N–H and O–H groups in total. The third kappa shape index (κ3) is 4.53. The van der Waals surface area contributed by atoms with Gasteiger partial charge in [-0.3, -0.25) is 14.4 Å². The van der Waals surface area contributed by atoms with Gasteiger partial charge in [0, 0.05) is 11.1 Å². The predicted molar refractivity (Wildman–Crippen MR) is 148 cm³/mol. The lowest BCUT2D eigenvalue weighted by Crippen LogP contribution is -2.46. The molecule has 1 aliphatic heterocycles. The first-order chi connectivity index (χ1) is 19.4. The Morgan fingerprint density at radius 2 is 1.60 bits per heavy atom. The Morgan fingerprint density at radius 1 is 0.925 bits per heavy atom. The molecule has 1 saturated heterocycles. The summed E-state index contributed by atoms with van der Waals surface area (Å²) in [5.41, 5.74) is 3.51. The topological polar surface area (TPSA) is 83.7 Å². The number of para-hydroxylation sites is 2. The third-order valence-electron chi connectivity index (χ3n) is 7.15. The molecule has 2 atom stereocenters. The van der Waals surface area contributed by atoms with Crippen LogP contribution in [0.2, 0.25) is 0 Å². The molecular formula is C32H24FN3O4. The van der Waals surface area contributed by atoms with E-state index in [4.69, 9.17) is 4.42 Å². The fourth-order valence-electron chi connectivity index (χ4n) is 5.07. The number of halogens is 1. The van der Waals surface area contributed by atoms with Gasteiger partial charge in [0.05, 0.1) is 18.2 Å². The monoisotopic (exact) mass is 533 g/mol. The van der Waals surface area contributed by atoms with Crippen LogP contribution in [0.4, 0.5) is 10.1 Å². The lowest BCUT2D eigenvalue weighted by atomic mass is 10.0. The van der Waals surface area contributed by atoms with E-state index in [0.29, 0.717) is 22.7 Å². The number of anilines is 1. The highest BCUT2D eigenvalue weighted by atomic mass is 19.1. The van der Waals surface area contributed by atoms with E-state index < -0.39 is 35.6 Å². The van der Waals surface area contributed by atoms with Gasteiger partial charge in [-0.1, -0.05) is 42.5 Å². The van der Waals surface area contributed by atoms with Crippen LogP contribution >= 0.6 is 0 Å². The van der Waals surface area contributed by atoms with Crippen LogP contribution in [0.1, 0.15) is 35.3 Å². The van der Waals surface area contributed by atoms with Gasteiger partial charge < -0.3 is 9.32 Å². The molecule has 6 rings (SSSR count). The second-order valence-corrected chi connectivity index (χ2v) is 9.63. The highest BCUT2D eigenvalue weighted by Gasteiger charge is 2.46. The number of amides is 3. The van der Waals surface area contributed by atoms with E-state index in [2.05, 4.69) is 4.98 Å². The summed E-state index contributed by atoms with van der Waals surface area (Å²) in [5.74, 6) is -1.42. The van der Waals surface area contributed by atoms with Crippen LogP contribution in [-0.4, -0.2) is 33.6 Å². The molecule has 0 saturated carbocycles. The van der Waals surface area contributed by atoms with Crippen molar-refractivity contribution in [3.8, 4) is 11.5 Å². The summed E-state index contributed by atoms with van der Waals surface area (Å²) in [6, 6.07) is 27.1. The number of carbonyl (C=O) groups excluding carboxylic acids is 3. The van der Waals surface area contributed by atoms with Crippen LogP contribution in [0.3, 0.4) is 0 Å². The molecule has 8 heteroatoms. The van der Waals surface area contributed by atoms with Gasteiger partial charge in [-0.2, -0.15) is 0 Å². The van der Waals surface area contributed by atoms with Crippen molar-refractivity contribution in [3.63, 3.8) is 0 Å². The Morgan fingerprint density at radius 3 is 2.30 bits per heavy atom. The smallest absolute Gasteiger partial charge is 0.257 e. The number of aromatic nitrogens is 1. The average Bonchev–Trinajstić information content (AvgIpc) is 3.54. The molecule has 2 unspecified atom stereocenters. The van der Waals surface area contributed by atoms with Crippen LogP contribution in [0, 0.1) is 5.82 Å². The maximum Gasteiger partial charge on any atom is 0.257 e. The van der Waals surface area contributed by atoms with Gasteiger partial charge in [-0.05, 0) is 73.2 Å². The van der Waals surface area contributed by atoms with Crippen LogP contribution < -0.4 is 4.90 Å². The number of hydrogen-bond acceptors (Lipinski definition) is 5. The standard InChI is InChI=1S/C32H24FN3O4/c1-20(21-7-3-2-4-8-21)35(31(38)23-11-15-24(33)16-12-23)27-19-29(37)36(32(27)39)25-17-13-22(14-18-25)30-34-26-9-5-6-10-28(26)40-30/h2-18,20,27H,19H2,1H3. The summed E-state index contributed by atoms with van der Waals surface area (Å²) in [6.45, 7) is 1.81. The number of benzene rings is 4. The van der Waals surface area contributed by atoms with Gasteiger partial charge in [0.15, 0.2) is 5.58 Å². The predicted octanol–water partition coefficient (Wildman–Crippen LogP) is 6.17. The number of fused-ring (bicyclic) bond motifs is 1. The van der Waals surface area contributed by atoms with E-state index in [1.165, 1.54) is 29.2 Å². The summed E-state index contributed by atoms with van der Waals surface area (Å²) < 4.78 is 19.4. The van der Waals surface area contributed by atoms with Gasteiger partial charge in [0.1, 0.15) is 17.4 Å². The number of hydrogen-bond donors (Lipinski definition) is 0. The average molecular weight is 534 g/mol. The zero-order valence-corrected chi connectivity index (χ0v) is 21.5. The zero-order valence-electron chi connectivity index (χ0n) is 21.5. The van der Waals surface area contributed by atoms with E-state index in [1.54, 1.807) is 24.3 Å². The van der Waals surface area contributed by atoms with E-state index in [0.717, 1.165) is 16.0 Å². The molecule has 5 aromatic rings. The minimum absolute atomic E-state index is 0.171. The number of nitrogens with zero attached hydrogens (tertiary/aromatic N) is 3. The largest absolute Gasteiger partial charge is 0.436 e. The van der Waals surface area contributed by atoms with Crippen molar-refractivity contribution in [2.45, 2.75) is 25.4 Å². The zero-order chi connectivity index (χ0) is 27.8. The lowest BCUT2D eigenvalue weighted by molar-refractivity contribution is -0.122. The van der Waals surface area contributed by atoms with Crippen molar-refractivity contribution in [2.75, 3.05) is 4.90 Å². The summed E-state index contributed by atoms with van der Waals surface area (Å²) in [5, 5.41) is 0. The molecule has 7 nitrogen and oxygen atoms in total. The molecule has 1 aromatic heterocycles. The van der Waals surface area contributed by atoms with E-state index in [9.17, 15) is 18.8 Å². The Bertz CT molecular complexity index is 1680. The molecule has 0 bridgehead atoms. The highest BCUT2D eigenvalue weighted by Crippen LogP contribution is 2.33. The molecule has 40 heavy (non-hydrogen) atoms. The van der Waals surface area contributed by atoms with Crippen molar-refractivity contribution in [1.82, 2.24) is 9.88 Å². The first kappa shape index (κ1) is 25.2. The van der Waals surface area contributed by atoms with Crippen molar-refractivity contribution in [3.05, 3.63) is 120 Å². The molecular weight excluding hydrogens is 509 g/mol. The van der Waals surface area contributed by atoms with E-state index in [1.807, 2.05) is 61.5 Å². The molecule has 1 fully saturated rings. The summed E-state index contributed by atoms with van der Waals surface area (Å²) in [7, 11) is 0. The number of oxazole rings is 1. The molecule has 3 amide bonds. The Labute approximate surface area is 229 Å². The second kappa shape index (κ2) is 10.2. The SMILES string of the molecule is CC(c1ccccc1)N(C(=O)c1ccc(F)cc1)C1CC(=O)N(c2ccc(-c3nc4ccccc4o3)cc2)C1=O. The van der Waals surface area contributed by atoms with Crippen molar-refractivity contribution in [2.24, 2.45) is 0 Å². The maximum atomic E-state index is 13.8. The molecule has 198 valence electrons. The minimum Gasteiger partial charge on any atom is -0.436 e. The molecule has 4 aromatic carbocycles. The van der Waals surface area contributed by atoms with Crippen LogP contribution in [-0.2, 0) is 9.59 Å². The number of rotatable bonds is 6. The Hall–Kier alpha value is -5.11. The van der Waals surface area contributed by atoms with Gasteiger partial charge in [0.25, 0.3) is 11.8 Å². The fraction of sp³-hybridized carbons (Fsp3) is 0.125. The van der Waals surface area contributed by atoms with Crippen molar-refractivity contribution < 1.29 is 23.2 Å². The van der Waals surface area contributed by atoms with Crippen molar-refractivity contribution in [1.29, 1.82) is 0 Å². The van der Waals surface area contributed by atoms with Gasteiger partial charge >= 0.3 is 0 Å². The molecule has 0 radical (unpaired) electrons. The highest BCUT2D eigenvalue weighted by molar-refractivity contribution is 6.23. The van der Waals surface area contributed by atoms with Gasteiger partial charge in [-0.15, -0.1) is 0 Å². The van der Waals surface area contributed by atoms with Crippen LogP contribution in [0.15, 0.2) is 108 Å². The maximum absolute atomic E-state index is 13.8. The first-order valence-corrected chi connectivity index (χ1v) is 12.9. The summed E-state index contributed by atoms with van der Waals surface area (Å²) in [4.78, 5) is 47.8. The van der Waals surface area contributed by atoms with Gasteiger partial charge in [0.2, 0.25) is 11.8 Å². The van der Waals surface area contributed by atoms with Gasteiger partial charge in [-0.25, -0.2) is 14.3 Å². The summed E-state index contributed by atoms with van der Waals surface area (Å²) in [6.07, 6.45) is -0.171. The quantitative estimate of drug-likeness (QED) is 0.244. The normalized spacial score (nSPS) is 15.9. The summed E-state index contributed by atoms with van der Waals surface area (Å²) >= 11 is 0. The fourth-order valence-corrected chi connectivity index (χ4v) is 5.07. The molecule has 0 spiro atoms. The molecule has 2 heterocycles. The lowest BCUT2D eigenvalue weighted by Gasteiger charge is -2.33. The van der Waals surface area contributed by atoms with E-state index in [-0.39, 0.29) is 12.0 Å². The first-order valence-electron chi connectivity index (χ1n) is 12.9. The number of carbonyl (C=O) groups is 3. The molecule has 0 aliphatic carbocycles. The third-order valence-corrected chi connectivity index (χ3v) is 7.15. The van der Waals surface area contributed by atoms with Crippen LogP contribution in [0.5, 0.6) is 0 Å². The minimum atomic E-state index is -1.03.